The van der Waals surface area contributed by atoms with Gasteiger partial charge in [0.05, 0.1) is 42.8 Å². The van der Waals surface area contributed by atoms with Crippen molar-refractivity contribution in [3.05, 3.63) is 105 Å². The highest BCUT2D eigenvalue weighted by Gasteiger charge is 2.17. The van der Waals surface area contributed by atoms with Crippen LogP contribution in [0.15, 0.2) is 73.3 Å². The highest BCUT2D eigenvalue weighted by molar-refractivity contribution is 5.93. The molecule has 184 valence electrons. The summed E-state index contributed by atoms with van der Waals surface area (Å²) in [7, 11) is 7.46. The summed E-state index contributed by atoms with van der Waals surface area (Å²) in [6, 6.07) is 13.8. The minimum atomic E-state index is -0.362. The molecule has 2 aromatic carbocycles. The summed E-state index contributed by atoms with van der Waals surface area (Å²) in [5, 5.41) is 23.5. The lowest BCUT2D eigenvalue weighted by atomic mass is 10.1. The standard InChI is InChI=1S/2C13H13N3O2/c2*1-15(2)9-7-10-5-6-12-11(4-3-8-14-12)13(10)16(17)18/h2*3-9H,1-2H3/b2*9-7+. The third kappa shape index (κ3) is 6.17. The van der Waals surface area contributed by atoms with Crippen molar-refractivity contribution in [3.63, 3.8) is 0 Å². The van der Waals surface area contributed by atoms with Gasteiger partial charge in [-0.1, -0.05) is 0 Å². The normalized spacial score (nSPS) is 11.0. The Hall–Kier alpha value is -4.86. The lowest BCUT2D eigenvalue weighted by molar-refractivity contribution is -0.383. The maximum absolute atomic E-state index is 11.2. The van der Waals surface area contributed by atoms with Gasteiger partial charge < -0.3 is 9.80 Å². The summed E-state index contributed by atoms with van der Waals surface area (Å²) >= 11 is 0. The Bertz CT molecular complexity index is 1350. The zero-order valence-electron chi connectivity index (χ0n) is 20.4. The molecule has 4 aromatic rings. The highest BCUT2D eigenvalue weighted by Crippen LogP contribution is 2.30. The third-order valence-corrected chi connectivity index (χ3v) is 5.05. The van der Waals surface area contributed by atoms with E-state index in [4.69, 9.17) is 0 Å². The van der Waals surface area contributed by atoms with Gasteiger partial charge in [0.1, 0.15) is 0 Å². The Labute approximate surface area is 208 Å². The van der Waals surface area contributed by atoms with E-state index in [-0.39, 0.29) is 21.2 Å². The molecule has 36 heavy (non-hydrogen) atoms. The predicted octanol–water partition coefficient (Wildman–Crippen LogP) is 5.35. The SMILES string of the molecule is CN(C)/C=C/c1ccc2ncccc2c1[N+](=O)[O-].CN(C)/C=C/c1ccc2ncccc2c1[N+](=O)[O-]. The van der Waals surface area contributed by atoms with Gasteiger partial charge in [-0.3, -0.25) is 30.2 Å². The van der Waals surface area contributed by atoms with Crippen LogP contribution in [-0.4, -0.2) is 57.8 Å². The van der Waals surface area contributed by atoms with E-state index in [9.17, 15) is 20.2 Å². The quantitative estimate of drug-likeness (QED) is 0.264. The Balaban J connectivity index is 0.000000201. The van der Waals surface area contributed by atoms with Gasteiger partial charge in [0.25, 0.3) is 11.4 Å². The summed E-state index contributed by atoms with van der Waals surface area (Å²) < 4.78 is 0. The average molecular weight is 487 g/mol. The van der Waals surface area contributed by atoms with E-state index in [1.165, 1.54) is 0 Å². The molecule has 10 nitrogen and oxygen atoms in total. The van der Waals surface area contributed by atoms with Crippen molar-refractivity contribution in [1.29, 1.82) is 0 Å². The molecule has 0 fully saturated rings. The fourth-order valence-corrected chi connectivity index (χ4v) is 3.44. The Morgan fingerprint density at radius 1 is 0.667 bits per heavy atom. The Morgan fingerprint density at radius 2 is 1.06 bits per heavy atom. The molecule has 0 spiro atoms. The monoisotopic (exact) mass is 486 g/mol. The molecule has 0 amide bonds. The molecule has 2 aromatic heterocycles. The fraction of sp³-hybridized carbons (Fsp3) is 0.154. The molecule has 0 aliphatic carbocycles. The number of nitrogens with zero attached hydrogens (tertiary/aromatic N) is 6. The summed E-state index contributed by atoms with van der Waals surface area (Å²) in [5.41, 5.74) is 2.61. The number of hydrogen-bond donors (Lipinski definition) is 0. The van der Waals surface area contributed by atoms with E-state index >= 15 is 0 Å². The molecule has 0 aliphatic heterocycles. The molecule has 0 radical (unpaired) electrons. The maximum Gasteiger partial charge on any atom is 0.285 e. The number of fused-ring (bicyclic) bond motifs is 2. The topological polar surface area (TPSA) is 119 Å². The van der Waals surface area contributed by atoms with Crippen molar-refractivity contribution in [3.8, 4) is 0 Å². The lowest BCUT2D eigenvalue weighted by Gasteiger charge is -2.05. The second-order valence-electron chi connectivity index (χ2n) is 8.22. The molecule has 0 bridgehead atoms. The molecular formula is C26H26N6O4. The van der Waals surface area contributed by atoms with Gasteiger partial charge in [-0.25, -0.2) is 0 Å². The van der Waals surface area contributed by atoms with Crippen LogP contribution in [0.3, 0.4) is 0 Å². The van der Waals surface area contributed by atoms with Crippen LogP contribution in [0.2, 0.25) is 0 Å². The zero-order chi connectivity index (χ0) is 26.2. The molecule has 0 saturated heterocycles. The number of rotatable bonds is 6. The largest absolute Gasteiger partial charge is 0.383 e. The zero-order valence-corrected chi connectivity index (χ0v) is 20.4. The summed E-state index contributed by atoms with van der Waals surface area (Å²) in [5.74, 6) is 0. The first kappa shape index (κ1) is 25.8. The van der Waals surface area contributed by atoms with Gasteiger partial charge in [-0.2, -0.15) is 0 Å². The predicted molar refractivity (Wildman–Crippen MR) is 142 cm³/mol. The van der Waals surface area contributed by atoms with E-state index in [0.29, 0.717) is 32.9 Å². The van der Waals surface area contributed by atoms with Crippen molar-refractivity contribution in [2.75, 3.05) is 28.2 Å². The number of hydrogen-bond acceptors (Lipinski definition) is 8. The lowest BCUT2D eigenvalue weighted by Crippen LogP contribution is -2.00. The Kier molecular flexibility index (Phi) is 8.24. The van der Waals surface area contributed by atoms with E-state index in [1.54, 1.807) is 85.5 Å². The molecule has 0 aliphatic rings. The molecule has 0 unspecified atom stereocenters. The maximum atomic E-state index is 11.2. The van der Waals surface area contributed by atoms with Crippen LogP contribution in [0.1, 0.15) is 11.1 Å². The number of aromatic nitrogens is 2. The number of benzene rings is 2. The van der Waals surface area contributed by atoms with Gasteiger partial charge in [0.15, 0.2) is 0 Å². The van der Waals surface area contributed by atoms with Crippen molar-refractivity contribution >= 4 is 45.3 Å². The van der Waals surface area contributed by atoms with E-state index < -0.39 is 0 Å². The smallest absolute Gasteiger partial charge is 0.285 e. The van der Waals surface area contributed by atoms with Crippen LogP contribution >= 0.6 is 0 Å². The molecule has 2 heterocycles. The van der Waals surface area contributed by atoms with Crippen LogP contribution in [0.25, 0.3) is 34.0 Å². The van der Waals surface area contributed by atoms with Gasteiger partial charge in [-0.15, -0.1) is 0 Å². The van der Waals surface area contributed by atoms with Crippen LogP contribution in [0.5, 0.6) is 0 Å². The molecule has 10 heteroatoms. The third-order valence-electron chi connectivity index (χ3n) is 5.05. The van der Waals surface area contributed by atoms with Crippen LogP contribution in [0.4, 0.5) is 11.4 Å². The minimum Gasteiger partial charge on any atom is -0.383 e. The van der Waals surface area contributed by atoms with Gasteiger partial charge in [0.2, 0.25) is 0 Å². The van der Waals surface area contributed by atoms with Gasteiger partial charge >= 0.3 is 0 Å². The first-order valence-corrected chi connectivity index (χ1v) is 10.9. The number of nitro benzene ring substituents is 2. The van der Waals surface area contributed by atoms with Gasteiger partial charge in [0, 0.05) is 40.6 Å². The van der Waals surface area contributed by atoms with Crippen molar-refractivity contribution in [2.24, 2.45) is 0 Å². The molecule has 0 saturated carbocycles. The summed E-state index contributed by atoms with van der Waals surface area (Å²) in [6.07, 6.45) is 10.3. The van der Waals surface area contributed by atoms with E-state index in [2.05, 4.69) is 9.97 Å². The first-order valence-electron chi connectivity index (χ1n) is 10.9. The van der Waals surface area contributed by atoms with Crippen LogP contribution in [-0.2, 0) is 0 Å². The average Bonchev–Trinajstić information content (AvgIpc) is 2.85. The second-order valence-corrected chi connectivity index (χ2v) is 8.22. The van der Waals surface area contributed by atoms with Crippen LogP contribution < -0.4 is 0 Å². The first-order chi connectivity index (χ1) is 17.2. The number of nitro groups is 2. The molecular weight excluding hydrogens is 460 g/mol. The second kappa shape index (κ2) is 11.5. The fourth-order valence-electron chi connectivity index (χ4n) is 3.44. The Morgan fingerprint density at radius 3 is 1.39 bits per heavy atom. The van der Waals surface area contributed by atoms with Gasteiger partial charge in [-0.05, 0) is 73.1 Å². The van der Waals surface area contributed by atoms with E-state index in [0.717, 1.165) is 0 Å². The van der Waals surface area contributed by atoms with Crippen LogP contribution in [0, 0.1) is 20.2 Å². The van der Waals surface area contributed by atoms with Crippen molar-refractivity contribution in [1.82, 2.24) is 19.8 Å². The molecule has 0 atom stereocenters. The highest BCUT2D eigenvalue weighted by atomic mass is 16.6. The van der Waals surface area contributed by atoms with Crippen molar-refractivity contribution < 1.29 is 9.85 Å². The van der Waals surface area contributed by atoms with E-state index in [1.807, 2.05) is 38.0 Å². The summed E-state index contributed by atoms with van der Waals surface area (Å²) in [6.45, 7) is 0. The number of pyridine rings is 2. The minimum absolute atomic E-state index is 0.0960. The summed E-state index contributed by atoms with van der Waals surface area (Å²) in [4.78, 5) is 33.6. The van der Waals surface area contributed by atoms with Crippen molar-refractivity contribution in [2.45, 2.75) is 0 Å². The molecule has 0 N–H and O–H groups in total. The molecule has 4 rings (SSSR count).